The van der Waals surface area contributed by atoms with E-state index >= 15 is 0 Å². The molecule has 0 spiro atoms. The molecule has 5 nitrogen and oxygen atoms in total. The number of hydrogen-bond donors (Lipinski definition) is 1. The molecule has 3 aromatic rings. The van der Waals surface area contributed by atoms with Crippen molar-refractivity contribution in [3.63, 3.8) is 0 Å². The van der Waals surface area contributed by atoms with Crippen LogP contribution in [0.25, 0.3) is 0 Å². The van der Waals surface area contributed by atoms with Crippen molar-refractivity contribution in [1.29, 1.82) is 0 Å². The molecular formula is C22H23F2N5S. The largest absolute Gasteiger partial charge is 0.336 e. The lowest BCUT2D eigenvalue weighted by atomic mass is 10.0. The van der Waals surface area contributed by atoms with Crippen molar-refractivity contribution < 1.29 is 8.78 Å². The fourth-order valence-electron chi connectivity index (χ4n) is 3.57. The first-order chi connectivity index (χ1) is 14.4. The van der Waals surface area contributed by atoms with Crippen LogP contribution in [-0.2, 0) is 11.9 Å². The van der Waals surface area contributed by atoms with E-state index in [0.29, 0.717) is 23.8 Å². The number of benzene rings is 2. The van der Waals surface area contributed by atoms with Gasteiger partial charge >= 0.3 is 0 Å². The van der Waals surface area contributed by atoms with Crippen molar-refractivity contribution >= 4 is 22.6 Å². The summed E-state index contributed by atoms with van der Waals surface area (Å²) in [6, 6.07) is 13.3. The van der Waals surface area contributed by atoms with Gasteiger partial charge in [0.1, 0.15) is 27.4 Å². The average molecular weight is 428 g/mol. The highest BCUT2D eigenvalue weighted by Crippen LogP contribution is 2.52. The second-order valence-electron chi connectivity index (χ2n) is 7.24. The summed E-state index contributed by atoms with van der Waals surface area (Å²) in [4.78, 5) is 3.99. The molecule has 1 aliphatic heterocycles. The van der Waals surface area contributed by atoms with Crippen molar-refractivity contribution in [3.05, 3.63) is 83.3 Å². The fourth-order valence-corrected chi connectivity index (χ4v) is 5.00. The number of anilines is 1. The summed E-state index contributed by atoms with van der Waals surface area (Å²) in [6.45, 7) is 2.42. The van der Waals surface area contributed by atoms with Crippen LogP contribution in [0.5, 0.6) is 0 Å². The minimum atomic E-state index is -0.671. The molecule has 0 saturated heterocycles. The van der Waals surface area contributed by atoms with Crippen LogP contribution in [-0.4, -0.2) is 21.1 Å². The van der Waals surface area contributed by atoms with Crippen LogP contribution < -0.4 is 10.7 Å². The van der Waals surface area contributed by atoms with E-state index in [1.807, 2.05) is 60.1 Å². The number of imidazole rings is 1. The van der Waals surface area contributed by atoms with E-state index in [4.69, 9.17) is 10.8 Å². The lowest BCUT2D eigenvalue weighted by molar-refractivity contribution is 0.523. The van der Waals surface area contributed by atoms with Crippen LogP contribution >= 0.6 is 11.8 Å². The van der Waals surface area contributed by atoms with Gasteiger partial charge in [0.25, 0.3) is 0 Å². The molecular weight excluding hydrogens is 404 g/mol. The fraction of sp³-hybridized carbons (Fsp3) is 0.273. The number of nitrogens with two attached hydrogens (primary N) is 1. The van der Waals surface area contributed by atoms with Crippen LogP contribution in [0.15, 0.2) is 59.8 Å². The Labute approximate surface area is 178 Å². The van der Waals surface area contributed by atoms with Gasteiger partial charge in [-0.3, -0.25) is 0 Å². The third kappa shape index (κ3) is 3.61. The third-order valence-electron chi connectivity index (χ3n) is 5.21. The molecule has 1 unspecified atom stereocenters. The quantitative estimate of drug-likeness (QED) is 0.629. The maximum absolute atomic E-state index is 14.6. The maximum Gasteiger partial charge on any atom is 0.169 e. The van der Waals surface area contributed by atoms with Crippen molar-refractivity contribution in [3.8, 4) is 0 Å². The number of aryl methyl sites for hydroxylation is 2. The van der Waals surface area contributed by atoms with Crippen LogP contribution in [0.2, 0.25) is 0 Å². The second-order valence-corrected chi connectivity index (χ2v) is 8.51. The molecule has 4 rings (SSSR count). The molecule has 0 aliphatic carbocycles. The van der Waals surface area contributed by atoms with Gasteiger partial charge in [-0.05, 0) is 50.1 Å². The van der Waals surface area contributed by atoms with Gasteiger partial charge in [0.2, 0.25) is 0 Å². The Hall–Kier alpha value is -2.71. The third-order valence-corrected chi connectivity index (χ3v) is 6.66. The van der Waals surface area contributed by atoms with Gasteiger partial charge in [-0.25, -0.2) is 18.8 Å². The Morgan fingerprint density at radius 2 is 1.90 bits per heavy atom. The maximum atomic E-state index is 14.6. The van der Waals surface area contributed by atoms with E-state index in [-0.39, 0.29) is 5.56 Å². The standard InChI is InChI=1S/C22H23F2N5S/c1-15-26-20(14-28(15)2)29-22(11-6-12-25,16-7-4-3-5-8-16)30-21(27-29)18-13-17(23)9-10-19(18)24/h3-5,7-10,13-14H,6,11-12,25H2,1-2H3. The van der Waals surface area contributed by atoms with E-state index in [2.05, 4.69) is 4.98 Å². The lowest BCUT2D eigenvalue weighted by Gasteiger charge is -2.36. The Bertz CT molecular complexity index is 1060. The van der Waals surface area contributed by atoms with Gasteiger partial charge in [-0.1, -0.05) is 42.1 Å². The second kappa shape index (κ2) is 8.20. The van der Waals surface area contributed by atoms with Gasteiger partial charge in [0.05, 0.1) is 0 Å². The zero-order valence-electron chi connectivity index (χ0n) is 16.8. The molecule has 2 heterocycles. The van der Waals surface area contributed by atoms with Crippen LogP contribution in [0.4, 0.5) is 14.6 Å². The minimum Gasteiger partial charge on any atom is -0.336 e. The molecule has 1 aliphatic rings. The molecule has 0 bridgehead atoms. The number of hydrogen-bond acceptors (Lipinski definition) is 5. The zero-order valence-corrected chi connectivity index (χ0v) is 17.7. The number of aromatic nitrogens is 2. The van der Waals surface area contributed by atoms with Gasteiger partial charge in [0, 0.05) is 18.8 Å². The number of halogens is 2. The predicted molar refractivity (Wildman–Crippen MR) is 117 cm³/mol. The molecule has 2 aromatic carbocycles. The Kier molecular flexibility index (Phi) is 5.62. The molecule has 0 fully saturated rings. The summed E-state index contributed by atoms with van der Waals surface area (Å²) in [6.07, 6.45) is 3.29. The van der Waals surface area contributed by atoms with Crippen molar-refractivity contribution in [2.24, 2.45) is 17.9 Å². The van der Waals surface area contributed by atoms with Gasteiger partial charge in [-0.15, -0.1) is 0 Å². The summed E-state index contributed by atoms with van der Waals surface area (Å²) in [5, 5.41) is 7.00. The summed E-state index contributed by atoms with van der Waals surface area (Å²) in [5.74, 6) is 0.461. The Morgan fingerprint density at radius 1 is 1.13 bits per heavy atom. The number of rotatable bonds is 6. The molecule has 30 heavy (non-hydrogen) atoms. The topological polar surface area (TPSA) is 59.4 Å². The van der Waals surface area contributed by atoms with Crippen molar-refractivity contribution in [1.82, 2.24) is 9.55 Å². The van der Waals surface area contributed by atoms with Gasteiger partial charge in [-0.2, -0.15) is 5.10 Å². The summed E-state index contributed by atoms with van der Waals surface area (Å²) in [7, 11) is 1.91. The summed E-state index contributed by atoms with van der Waals surface area (Å²) >= 11 is 1.41. The smallest absolute Gasteiger partial charge is 0.169 e. The molecule has 0 amide bonds. The summed E-state index contributed by atoms with van der Waals surface area (Å²) in [5.41, 5.74) is 7.00. The molecule has 0 saturated carbocycles. The number of nitrogens with zero attached hydrogens (tertiary/aromatic N) is 4. The SMILES string of the molecule is Cc1nc(N2N=C(c3cc(F)ccc3F)SC2(CCCN)c2ccccc2)cn1C. The number of thioether (sulfide) groups is 1. The first kappa shape index (κ1) is 20.6. The molecule has 1 aromatic heterocycles. The zero-order chi connectivity index (χ0) is 21.3. The number of hydrazone groups is 1. The Balaban J connectivity index is 1.90. The average Bonchev–Trinajstić information content (AvgIpc) is 3.30. The van der Waals surface area contributed by atoms with Gasteiger partial charge < -0.3 is 10.3 Å². The molecule has 0 radical (unpaired) electrons. The molecule has 8 heteroatoms. The van der Waals surface area contributed by atoms with E-state index in [9.17, 15) is 8.78 Å². The predicted octanol–water partition coefficient (Wildman–Crippen LogP) is 4.51. The van der Waals surface area contributed by atoms with E-state index in [0.717, 1.165) is 29.9 Å². The van der Waals surface area contributed by atoms with Gasteiger partial charge in [0.15, 0.2) is 5.82 Å². The van der Waals surface area contributed by atoms with Crippen LogP contribution in [0.1, 0.15) is 29.8 Å². The van der Waals surface area contributed by atoms with E-state index < -0.39 is 16.5 Å². The molecule has 2 N–H and O–H groups in total. The van der Waals surface area contributed by atoms with E-state index in [1.54, 1.807) is 0 Å². The minimum absolute atomic E-state index is 0.142. The van der Waals surface area contributed by atoms with Crippen LogP contribution in [0, 0.1) is 18.6 Å². The Morgan fingerprint density at radius 3 is 2.57 bits per heavy atom. The normalized spacial score (nSPS) is 18.7. The first-order valence-corrected chi connectivity index (χ1v) is 10.5. The highest BCUT2D eigenvalue weighted by molar-refractivity contribution is 8.15. The van der Waals surface area contributed by atoms with Crippen molar-refractivity contribution in [2.75, 3.05) is 11.6 Å². The molecule has 156 valence electrons. The van der Waals surface area contributed by atoms with Crippen molar-refractivity contribution in [2.45, 2.75) is 24.6 Å². The highest BCUT2D eigenvalue weighted by atomic mass is 32.2. The summed E-state index contributed by atoms with van der Waals surface area (Å²) < 4.78 is 30.4. The first-order valence-electron chi connectivity index (χ1n) is 9.73. The van der Waals surface area contributed by atoms with Crippen LogP contribution in [0.3, 0.4) is 0 Å². The highest BCUT2D eigenvalue weighted by Gasteiger charge is 2.47. The molecule has 1 atom stereocenters. The lowest BCUT2D eigenvalue weighted by Crippen LogP contribution is -2.38. The monoisotopic (exact) mass is 427 g/mol. The van der Waals surface area contributed by atoms with E-state index in [1.165, 1.54) is 17.8 Å².